The van der Waals surface area contributed by atoms with E-state index in [0.717, 1.165) is 5.69 Å². The number of nitrogens with one attached hydrogen (secondary N) is 2. The monoisotopic (exact) mass is 309 g/mol. The summed E-state index contributed by atoms with van der Waals surface area (Å²) in [7, 11) is 0. The molecule has 7 heteroatoms. The lowest BCUT2D eigenvalue weighted by Gasteiger charge is -2.24. The highest BCUT2D eigenvalue weighted by atomic mass is 15.1. The van der Waals surface area contributed by atoms with Crippen molar-refractivity contribution in [3.8, 4) is 0 Å². The van der Waals surface area contributed by atoms with Crippen molar-refractivity contribution in [3.63, 3.8) is 0 Å². The molecular weight excluding hydrogens is 290 g/mol. The average Bonchev–Trinajstić information content (AvgIpc) is 2.59. The molecule has 1 aliphatic carbocycles. The Bertz CT molecular complexity index is 699. The van der Waals surface area contributed by atoms with E-state index in [2.05, 4.69) is 30.4 Å². The van der Waals surface area contributed by atoms with Gasteiger partial charge in [0.25, 0.3) is 5.82 Å². The molecular formula is C16H19N7. The second kappa shape index (κ2) is 6.92. The van der Waals surface area contributed by atoms with Gasteiger partial charge in [0.2, 0.25) is 0 Å². The van der Waals surface area contributed by atoms with Crippen LogP contribution in [0.25, 0.3) is 4.85 Å². The van der Waals surface area contributed by atoms with E-state index in [9.17, 15) is 0 Å². The molecule has 0 radical (unpaired) electrons. The summed E-state index contributed by atoms with van der Waals surface area (Å²) in [5.74, 6) is 1.45. The first-order valence-corrected chi connectivity index (χ1v) is 7.73. The summed E-state index contributed by atoms with van der Waals surface area (Å²) in [4.78, 5) is 15.6. The highest BCUT2D eigenvalue weighted by Gasteiger charge is 2.14. The van der Waals surface area contributed by atoms with Crippen LogP contribution in [-0.2, 0) is 0 Å². The fourth-order valence-corrected chi connectivity index (χ4v) is 2.70. The Morgan fingerprint density at radius 1 is 1.04 bits per heavy atom. The smallest absolute Gasteiger partial charge is 0.288 e. The lowest BCUT2D eigenvalue weighted by Crippen LogP contribution is -2.22. The molecule has 0 bridgehead atoms. The molecule has 0 aromatic carbocycles. The number of nitrogen functional groups attached to an aromatic ring is 1. The molecule has 2 aromatic heterocycles. The Kier molecular flexibility index (Phi) is 4.52. The van der Waals surface area contributed by atoms with E-state index >= 15 is 0 Å². The van der Waals surface area contributed by atoms with Gasteiger partial charge >= 0.3 is 0 Å². The predicted molar refractivity (Wildman–Crippen MR) is 90.7 cm³/mol. The maximum Gasteiger partial charge on any atom is 0.288 e. The third-order valence-electron chi connectivity index (χ3n) is 3.91. The maximum atomic E-state index is 6.88. The maximum absolute atomic E-state index is 6.88. The zero-order valence-corrected chi connectivity index (χ0v) is 12.8. The molecule has 0 unspecified atom stereocenters. The molecule has 0 spiro atoms. The molecule has 0 aliphatic heterocycles. The van der Waals surface area contributed by atoms with Gasteiger partial charge in [0, 0.05) is 12.1 Å². The van der Waals surface area contributed by atoms with E-state index in [1.807, 2.05) is 6.07 Å². The Morgan fingerprint density at radius 2 is 1.83 bits per heavy atom. The van der Waals surface area contributed by atoms with Crippen LogP contribution in [-0.4, -0.2) is 21.0 Å². The molecule has 4 N–H and O–H groups in total. The summed E-state index contributed by atoms with van der Waals surface area (Å²) in [6.45, 7) is 6.88. The fraction of sp³-hybridized carbons (Fsp3) is 0.375. The third kappa shape index (κ3) is 3.86. The standard InChI is InChI=1S/C16H19N7/c1-18-15-9-21-16(10-20-15)23-14-7-13(12(17)8-19-14)22-11-5-3-2-4-6-11/h7-11H,2-6,17H2,(H2,19,21,22,23). The normalized spacial score (nSPS) is 14.9. The van der Waals surface area contributed by atoms with E-state index in [4.69, 9.17) is 12.3 Å². The minimum Gasteiger partial charge on any atom is -0.396 e. The Hall–Kier alpha value is -2.88. The van der Waals surface area contributed by atoms with Crippen LogP contribution in [0.4, 0.5) is 28.8 Å². The van der Waals surface area contributed by atoms with Gasteiger partial charge in [0.15, 0.2) is 12.0 Å². The van der Waals surface area contributed by atoms with Crippen molar-refractivity contribution >= 4 is 28.8 Å². The van der Waals surface area contributed by atoms with Crippen molar-refractivity contribution in [2.24, 2.45) is 0 Å². The van der Waals surface area contributed by atoms with Crippen LogP contribution in [0.3, 0.4) is 0 Å². The molecule has 7 nitrogen and oxygen atoms in total. The zero-order valence-electron chi connectivity index (χ0n) is 12.8. The Labute approximate surface area is 135 Å². The highest BCUT2D eigenvalue weighted by Crippen LogP contribution is 2.27. The summed E-state index contributed by atoms with van der Waals surface area (Å²) < 4.78 is 0. The van der Waals surface area contributed by atoms with Gasteiger partial charge < -0.3 is 21.2 Å². The van der Waals surface area contributed by atoms with Gasteiger partial charge in [-0.25, -0.2) is 9.97 Å². The number of aromatic nitrogens is 3. The summed E-state index contributed by atoms with van der Waals surface area (Å²) in [5.41, 5.74) is 7.55. The van der Waals surface area contributed by atoms with E-state index in [1.54, 1.807) is 6.20 Å². The van der Waals surface area contributed by atoms with E-state index in [0.29, 0.717) is 23.4 Å². The van der Waals surface area contributed by atoms with E-state index in [-0.39, 0.29) is 5.82 Å². The van der Waals surface area contributed by atoms with Crippen LogP contribution in [0.15, 0.2) is 24.7 Å². The van der Waals surface area contributed by atoms with Crippen molar-refractivity contribution in [2.75, 3.05) is 16.4 Å². The second-order valence-corrected chi connectivity index (χ2v) is 5.63. The number of hydrogen-bond donors (Lipinski definition) is 3. The molecule has 3 rings (SSSR count). The quantitative estimate of drug-likeness (QED) is 0.749. The van der Waals surface area contributed by atoms with Crippen LogP contribution in [0.2, 0.25) is 0 Å². The summed E-state index contributed by atoms with van der Waals surface area (Å²) in [5, 5.41) is 6.59. The minimum atomic E-state index is 0.264. The molecule has 1 fully saturated rings. The van der Waals surface area contributed by atoms with Gasteiger partial charge in [-0.05, 0) is 12.8 Å². The van der Waals surface area contributed by atoms with Crippen LogP contribution in [0.5, 0.6) is 0 Å². The van der Waals surface area contributed by atoms with E-state index < -0.39 is 0 Å². The molecule has 2 heterocycles. The first-order chi connectivity index (χ1) is 11.2. The van der Waals surface area contributed by atoms with Gasteiger partial charge in [0.1, 0.15) is 5.82 Å². The Balaban J connectivity index is 1.72. The molecule has 0 saturated heterocycles. The summed E-state index contributed by atoms with van der Waals surface area (Å²) in [6.07, 6.45) is 10.8. The van der Waals surface area contributed by atoms with Crippen LogP contribution in [0.1, 0.15) is 32.1 Å². The first-order valence-electron chi connectivity index (χ1n) is 7.73. The van der Waals surface area contributed by atoms with Crippen molar-refractivity contribution in [2.45, 2.75) is 38.1 Å². The number of anilines is 4. The zero-order chi connectivity index (χ0) is 16.1. The van der Waals surface area contributed by atoms with Crippen LogP contribution < -0.4 is 16.4 Å². The molecule has 1 saturated carbocycles. The first kappa shape index (κ1) is 15.0. The molecule has 118 valence electrons. The summed E-state index contributed by atoms with van der Waals surface area (Å²) >= 11 is 0. The second-order valence-electron chi connectivity index (χ2n) is 5.63. The largest absolute Gasteiger partial charge is 0.396 e. The van der Waals surface area contributed by atoms with Gasteiger partial charge in [-0.1, -0.05) is 25.8 Å². The molecule has 0 amide bonds. The van der Waals surface area contributed by atoms with Crippen molar-refractivity contribution in [1.82, 2.24) is 15.0 Å². The van der Waals surface area contributed by atoms with Crippen molar-refractivity contribution in [1.29, 1.82) is 0 Å². The molecule has 1 aliphatic rings. The topological polar surface area (TPSA) is 93.1 Å². The number of hydrogen-bond acceptors (Lipinski definition) is 6. The van der Waals surface area contributed by atoms with Crippen molar-refractivity contribution in [3.05, 3.63) is 36.1 Å². The fourth-order valence-electron chi connectivity index (χ4n) is 2.70. The number of pyridine rings is 1. The molecule has 23 heavy (non-hydrogen) atoms. The minimum absolute atomic E-state index is 0.264. The van der Waals surface area contributed by atoms with Gasteiger partial charge in [-0.2, -0.15) is 0 Å². The van der Waals surface area contributed by atoms with Gasteiger partial charge in [-0.15, -0.1) is 4.98 Å². The predicted octanol–water partition coefficient (Wildman–Crippen LogP) is 3.49. The van der Waals surface area contributed by atoms with Crippen LogP contribution >= 0.6 is 0 Å². The lowest BCUT2D eigenvalue weighted by molar-refractivity contribution is 0.463. The average molecular weight is 309 g/mol. The van der Waals surface area contributed by atoms with Crippen LogP contribution in [0, 0.1) is 6.57 Å². The SMILES string of the molecule is [C-]#[N+]c1cnc(Nc2cc(NC3CCCCC3)c(N)cn2)cn1. The van der Waals surface area contributed by atoms with Gasteiger partial charge in [0.05, 0.1) is 23.8 Å². The number of rotatable bonds is 4. The number of nitrogens with zero attached hydrogens (tertiary/aromatic N) is 4. The third-order valence-corrected chi connectivity index (χ3v) is 3.91. The van der Waals surface area contributed by atoms with E-state index in [1.165, 1.54) is 44.5 Å². The van der Waals surface area contributed by atoms with Gasteiger partial charge in [-0.3, -0.25) is 0 Å². The number of nitrogens with two attached hydrogens (primary N) is 1. The lowest BCUT2D eigenvalue weighted by atomic mass is 9.95. The summed E-state index contributed by atoms with van der Waals surface area (Å²) in [6, 6.07) is 2.35. The van der Waals surface area contributed by atoms with Crippen molar-refractivity contribution < 1.29 is 0 Å². The molecule has 2 aromatic rings. The highest BCUT2D eigenvalue weighted by molar-refractivity contribution is 5.70. The Morgan fingerprint density at radius 3 is 2.52 bits per heavy atom. The molecule has 0 atom stereocenters.